The smallest absolute Gasteiger partial charge is 0.241 e. The molecule has 0 unspecified atom stereocenters. The number of fused-ring (bicyclic) bond motifs is 2. The molecule has 4 fully saturated rings. The van der Waals surface area contributed by atoms with Crippen LogP contribution >= 0.6 is 0 Å². The van der Waals surface area contributed by atoms with Gasteiger partial charge in [-0.05, 0) is 55.7 Å². The monoisotopic (exact) mass is 467 g/mol. The van der Waals surface area contributed by atoms with Crippen molar-refractivity contribution in [3.8, 4) is 6.07 Å². The second-order valence-corrected chi connectivity index (χ2v) is 10.4. The van der Waals surface area contributed by atoms with Crippen LogP contribution in [0.15, 0.2) is 24.3 Å². The Morgan fingerprint density at radius 3 is 2.56 bits per heavy atom. The highest BCUT2D eigenvalue weighted by molar-refractivity contribution is 5.87. The van der Waals surface area contributed by atoms with Gasteiger partial charge in [-0.3, -0.25) is 14.5 Å². The number of nitrogens with zero attached hydrogens (tertiary/aromatic N) is 4. The summed E-state index contributed by atoms with van der Waals surface area (Å²) in [7, 11) is 0. The van der Waals surface area contributed by atoms with Crippen LogP contribution in [0, 0.1) is 23.1 Å². The maximum atomic E-state index is 13.6. The normalized spacial score (nSPS) is 29.4. The zero-order valence-corrected chi connectivity index (χ0v) is 19.6. The average molecular weight is 468 g/mol. The number of halogens is 1. The third-order valence-electron chi connectivity index (χ3n) is 8.36. The Morgan fingerprint density at radius 1 is 1.15 bits per heavy atom. The summed E-state index contributed by atoms with van der Waals surface area (Å²) in [5, 5.41) is 9.30. The topological polar surface area (TPSA) is 93.7 Å². The Bertz CT molecular complexity index is 957. The van der Waals surface area contributed by atoms with Crippen LogP contribution in [0.2, 0.25) is 0 Å². The molecule has 1 aromatic rings. The standard InChI is InChI=1S/C26H34FN5O2/c27-19-10-8-18(9-11-19)24(17-5-2-1-3-6-17)32-21-13-23(26(32)34)30(15-21)16-22(29)25(33)31-12-4-7-20(31)14-28/h8-11,17,20-24H,1-7,12-13,15-16,29H2/t20-,21-,22-,23-,24-/m0/s1. The number of nitriles is 1. The van der Waals surface area contributed by atoms with Gasteiger partial charge < -0.3 is 15.5 Å². The minimum absolute atomic E-state index is 0.0261. The summed E-state index contributed by atoms with van der Waals surface area (Å²) in [6.07, 6.45) is 8.01. The summed E-state index contributed by atoms with van der Waals surface area (Å²) in [5.74, 6) is 0.0363. The number of carbonyl (C=O) groups excluding carboxylic acids is 2. The fraction of sp³-hybridized carbons (Fsp3) is 0.654. The lowest BCUT2D eigenvalue weighted by molar-refractivity contribution is -0.142. The molecule has 0 radical (unpaired) electrons. The molecule has 3 saturated heterocycles. The van der Waals surface area contributed by atoms with Crippen molar-refractivity contribution in [1.29, 1.82) is 5.26 Å². The molecule has 1 aromatic carbocycles. The zero-order valence-electron chi connectivity index (χ0n) is 19.6. The van der Waals surface area contributed by atoms with Crippen molar-refractivity contribution in [2.75, 3.05) is 19.6 Å². The van der Waals surface area contributed by atoms with Gasteiger partial charge in [-0.1, -0.05) is 31.4 Å². The van der Waals surface area contributed by atoms with Crippen molar-refractivity contribution in [1.82, 2.24) is 14.7 Å². The zero-order chi connectivity index (χ0) is 23.8. The number of hydrogen-bond acceptors (Lipinski definition) is 5. The average Bonchev–Trinajstić information content (AvgIpc) is 3.56. The third kappa shape index (κ3) is 4.20. The van der Waals surface area contributed by atoms with E-state index >= 15 is 0 Å². The molecule has 0 aromatic heterocycles. The number of nitrogens with two attached hydrogens (primary N) is 1. The van der Waals surface area contributed by atoms with E-state index in [4.69, 9.17) is 5.73 Å². The van der Waals surface area contributed by atoms with Gasteiger partial charge in [-0.25, -0.2) is 4.39 Å². The maximum absolute atomic E-state index is 13.6. The molecule has 34 heavy (non-hydrogen) atoms. The lowest BCUT2D eigenvalue weighted by Crippen LogP contribution is -2.57. The predicted molar refractivity (Wildman–Crippen MR) is 125 cm³/mol. The summed E-state index contributed by atoms with van der Waals surface area (Å²) in [4.78, 5) is 32.3. The highest BCUT2D eigenvalue weighted by Crippen LogP contribution is 2.45. The van der Waals surface area contributed by atoms with Crippen LogP contribution in [0.25, 0.3) is 0 Å². The maximum Gasteiger partial charge on any atom is 0.241 e. The van der Waals surface area contributed by atoms with E-state index < -0.39 is 12.1 Å². The SMILES string of the molecule is N#C[C@@H]1CCCN1C(=O)[C@@H](N)CN1C[C@@H]2C[C@H]1C(=O)N2[C@H](c1ccc(F)cc1)C1CCCCC1. The van der Waals surface area contributed by atoms with Crippen molar-refractivity contribution < 1.29 is 14.0 Å². The molecule has 4 aliphatic rings. The van der Waals surface area contributed by atoms with Gasteiger partial charge in [-0.15, -0.1) is 0 Å². The second-order valence-electron chi connectivity index (χ2n) is 10.4. The van der Waals surface area contributed by atoms with Gasteiger partial charge in [0.2, 0.25) is 11.8 Å². The molecule has 182 valence electrons. The summed E-state index contributed by atoms with van der Waals surface area (Å²) in [6.45, 7) is 1.60. The van der Waals surface area contributed by atoms with Gasteiger partial charge >= 0.3 is 0 Å². The largest absolute Gasteiger partial charge is 0.330 e. The van der Waals surface area contributed by atoms with Gasteiger partial charge in [0.15, 0.2) is 0 Å². The fourth-order valence-electron chi connectivity index (χ4n) is 6.73. The number of likely N-dealkylation sites (tertiary alicyclic amines) is 3. The molecule has 5 atom stereocenters. The fourth-order valence-corrected chi connectivity index (χ4v) is 6.73. The van der Waals surface area contributed by atoms with E-state index in [1.807, 2.05) is 12.1 Å². The highest BCUT2D eigenvalue weighted by atomic mass is 19.1. The summed E-state index contributed by atoms with van der Waals surface area (Å²) >= 11 is 0. The molecule has 7 nitrogen and oxygen atoms in total. The molecule has 1 aliphatic carbocycles. The molecule has 2 N–H and O–H groups in total. The number of carbonyl (C=O) groups is 2. The number of amides is 2. The first-order chi connectivity index (χ1) is 16.5. The number of rotatable bonds is 6. The Labute approximate surface area is 200 Å². The molecule has 8 heteroatoms. The number of piperazine rings is 1. The Hall–Kier alpha value is -2.50. The molecule has 3 aliphatic heterocycles. The minimum atomic E-state index is -0.735. The molecular weight excluding hydrogens is 433 g/mol. The summed E-state index contributed by atoms with van der Waals surface area (Å²) < 4.78 is 13.6. The Kier molecular flexibility index (Phi) is 6.59. The van der Waals surface area contributed by atoms with Gasteiger partial charge in [0.05, 0.1) is 24.2 Å². The molecule has 0 spiro atoms. The predicted octanol–water partition coefficient (Wildman–Crippen LogP) is 2.57. The van der Waals surface area contributed by atoms with E-state index in [0.29, 0.717) is 32.0 Å². The molecule has 3 heterocycles. The van der Waals surface area contributed by atoms with Crippen molar-refractivity contribution in [2.24, 2.45) is 11.7 Å². The Balaban J connectivity index is 1.30. The Morgan fingerprint density at radius 2 is 1.88 bits per heavy atom. The van der Waals surface area contributed by atoms with Crippen molar-refractivity contribution in [3.05, 3.63) is 35.6 Å². The number of hydrogen-bond donors (Lipinski definition) is 1. The van der Waals surface area contributed by atoms with Crippen LogP contribution in [-0.2, 0) is 9.59 Å². The molecule has 5 rings (SSSR count). The van der Waals surface area contributed by atoms with Crippen LogP contribution in [0.4, 0.5) is 4.39 Å². The molecule has 1 saturated carbocycles. The van der Waals surface area contributed by atoms with E-state index in [9.17, 15) is 19.2 Å². The molecular formula is C26H34FN5O2. The lowest BCUT2D eigenvalue weighted by Gasteiger charge is -2.43. The molecule has 2 amide bonds. The van der Waals surface area contributed by atoms with Crippen LogP contribution in [0.3, 0.4) is 0 Å². The van der Waals surface area contributed by atoms with Gasteiger partial charge in [0.1, 0.15) is 11.9 Å². The van der Waals surface area contributed by atoms with Crippen molar-refractivity contribution >= 4 is 11.8 Å². The third-order valence-corrected chi connectivity index (χ3v) is 8.36. The van der Waals surface area contributed by atoms with Gasteiger partial charge in [-0.2, -0.15) is 5.26 Å². The first-order valence-electron chi connectivity index (χ1n) is 12.8. The number of benzene rings is 1. The van der Waals surface area contributed by atoms with Gasteiger partial charge in [0, 0.05) is 25.7 Å². The summed E-state index contributed by atoms with van der Waals surface area (Å²) in [5.41, 5.74) is 7.30. The second kappa shape index (κ2) is 9.63. The van der Waals surface area contributed by atoms with Crippen LogP contribution < -0.4 is 5.73 Å². The van der Waals surface area contributed by atoms with Crippen molar-refractivity contribution in [3.63, 3.8) is 0 Å². The van der Waals surface area contributed by atoms with Crippen molar-refractivity contribution in [2.45, 2.75) is 81.6 Å². The summed E-state index contributed by atoms with van der Waals surface area (Å²) in [6, 6.07) is 7.52. The van der Waals surface area contributed by atoms with E-state index in [0.717, 1.165) is 31.2 Å². The minimum Gasteiger partial charge on any atom is -0.330 e. The van der Waals surface area contributed by atoms with Crippen LogP contribution in [0.5, 0.6) is 0 Å². The van der Waals surface area contributed by atoms with Crippen LogP contribution in [-0.4, -0.2) is 70.3 Å². The lowest BCUT2D eigenvalue weighted by atomic mass is 9.80. The van der Waals surface area contributed by atoms with E-state index in [1.165, 1.54) is 31.4 Å². The highest BCUT2D eigenvalue weighted by Gasteiger charge is 2.53. The van der Waals surface area contributed by atoms with Crippen LogP contribution in [0.1, 0.15) is 63.0 Å². The quantitative estimate of drug-likeness (QED) is 0.694. The van der Waals surface area contributed by atoms with Gasteiger partial charge in [0.25, 0.3) is 0 Å². The van der Waals surface area contributed by atoms with E-state index in [-0.39, 0.29) is 35.8 Å². The first-order valence-corrected chi connectivity index (χ1v) is 12.8. The first kappa shape index (κ1) is 23.3. The molecule has 2 bridgehead atoms. The van der Waals surface area contributed by atoms with E-state index in [1.54, 1.807) is 4.90 Å². The van der Waals surface area contributed by atoms with E-state index in [2.05, 4.69) is 15.9 Å².